The Balaban J connectivity index is 0.000000117. The van der Waals surface area contributed by atoms with Crippen molar-refractivity contribution in [3.05, 3.63) is 520 Å². The smallest absolute Gasteiger partial charge is 0.136 e. The molecule has 0 saturated heterocycles. The maximum absolute atomic E-state index is 9.42. The second-order valence-corrected chi connectivity index (χ2v) is 37.1. The van der Waals surface area contributed by atoms with Crippen LogP contribution in [-0.4, -0.2) is 0 Å². The Morgan fingerprint density at radius 1 is 0.160 bits per heavy atom. The summed E-state index contributed by atoms with van der Waals surface area (Å²) in [4.78, 5) is 0. The van der Waals surface area contributed by atoms with Gasteiger partial charge in [-0.25, -0.2) is 0 Å². The van der Waals surface area contributed by atoms with Gasteiger partial charge in [0.05, 0.1) is 32.9 Å². The number of fused-ring (bicyclic) bond motifs is 24. The van der Waals surface area contributed by atoms with Gasteiger partial charge in [-0.1, -0.05) is 462 Å². The largest absolute Gasteiger partial charge is 0.456 e. The van der Waals surface area contributed by atoms with Crippen molar-refractivity contribution in [1.29, 1.82) is 0 Å². The maximum Gasteiger partial charge on any atom is 0.136 e. The van der Waals surface area contributed by atoms with Crippen LogP contribution >= 0.6 is 0 Å². The van der Waals surface area contributed by atoms with E-state index in [2.05, 4.69) is 98.8 Å². The summed E-state index contributed by atoms with van der Waals surface area (Å²) in [6.07, 6.45) is 0. The van der Waals surface area contributed by atoms with Gasteiger partial charge in [-0.15, -0.1) is 0 Å². The second kappa shape index (κ2) is 33.9. The standard InChI is InChI=1S/C51H34O.C48H30O.C42H26O/c1-51(2)44-18-10-9-13-37(44)38-26-23-35(30-45(38)51)49-41-16-7-5-14-39(41)48(40-15-6-8-17-42(40)49)33-21-19-31(20-22-33)34-25-27-46-43(29-34)50-36-12-4-3-11-32(36)24-28-47(50)52-46;1-2-10-31(11-3-1)32-18-22-35(23-19-32)46-39-14-6-8-16-41(39)47(42-17-9-7-15-40(42)46)36-24-20-33(21-25-36)37-27-28-44-43(30-37)48-38-13-5-4-12-34(38)26-29-45(48)49-44;1-2-11-29(12-3-1)40-33-14-6-8-16-35(33)41(36-17-9-7-15-34(36)40)30-20-18-27(19-21-30)31-23-24-38-37(26-31)42-32-13-5-4-10-28(32)22-25-39(42)43-38/h3-30H,1-2H3;1-30H;1-26H/i5D,6D,7D,8D,14D,15D,16D,17D;2*6D,7D,8D,9D,14D,15D,16D,17D. The minimum atomic E-state index is -0.427. The van der Waals surface area contributed by atoms with Gasteiger partial charge >= 0.3 is 0 Å². The van der Waals surface area contributed by atoms with Crippen LogP contribution in [0.15, 0.2) is 522 Å². The van der Waals surface area contributed by atoms with Crippen LogP contribution in [0.25, 0.3) is 285 Å². The molecule has 0 bridgehead atoms. The highest BCUT2D eigenvalue weighted by atomic mass is 16.3. The Hall–Kier alpha value is -18.5. The third-order valence-electron chi connectivity index (χ3n) is 28.9. The number of furan rings is 3. The molecule has 1 aliphatic rings. The molecule has 0 saturated carbocycles. The zero-order valence-corrected chi connectivity index (χ0v) is 77.4. The van der Waals surface area contributed by atoms with E-state index in [4.69, 9.17) is 35.2 Å². The van der Waals surface area contributed by atoms with Gasteiger partial charge in [-0.3, -0.25) is 0 Å². The molecule has 29 aromatic rings. The van der Waals surface area contributed by atoms with Crippen molar-refractivity contribution in [1.82, 2.24) is 0 Å². The molecule has 0 N–H and O–H groups in total. The molecule has 0 aliphatic heterocycles. The highest BCUT2D eigenvalue weighted by molar-refractivity contribution is 6.27. The Labute approximate surface area is 866 Å². The highest BCUT2D eigenvalue weighted by Crippen LogP contribution is 2.54. The van der Waals surface area contributed by atoms with Crippen LogP contribution in [0.4, 0.5) is 0 Å². The summed E-state index contributed by atoms with van der Waals surface area (Å²) >= 11 is 0. The van der Waals surface area contributed by atoms with Crippen molar-refractivity contribution in [3.8, 4) is 122 Å². The predicted octanol–water partition coefficient (Wildman–Crippen LogP) is 40.1. The van der Waals surface area contributed by atoms with Crippen molar-refractivity contribution >= 4 is 163 Å². The normalized spacial score (nSPS) is 14.6. The minimum Gasteiger partial charge on any atom is -0.456 e. The lowest BCUT2D eigenvalue weighted by Gasteiger charge is -2.23. The van der Waals surface area contributed by atoms with Crippen molar-refractivity contribution in [2.24, 2.45) is 0 Å². The molecular weight excluding hydrogens is 1740 g/mol. The number of hydrogen-bond acceptors (Lipinski definition) is 3. The predicted molar refractivity (Wildman–Crippen MR) is 611 cm³/mol. The molecule has 0 atom stereocenters. The van der Waals surface area contributed by atoms with Crippen molar-refractivity contribution < 1.29 is 46.1 Å². The van der Waals surface area contributed by atoms with Crippen molar-refractivity contribution in [2.45, 2.75) is 19.3 Å². The van der Waals surface area contributed by atoms with Gasteiger partial charge in [-0.05, 0) is 291 Å². The molecule has 0 fully saturated rings. The molecule has 3 heteroatoms. The Morgan fingerprint density at radius 2 is 0.382 bits per heavy atom. The average Bonchev–Trinajstić information content (AvgIpc) is 0.905. The molecule has 30 rings (SSSR count). The first-order chi connectivity index (χ1) is 81.1. The van der Waals surface area contributed by atoms with Crippen LogP contribution in [0, 0.1) is 0 Å². The molecule has 26 aromatic carbocycles. The first-order valence-corrected chi connectivity index (χ1v) is 47.8. The maximum atomic E-state index is 9.42. The van der Waals surface area contributed by atoms with Gasteiger partial charge in [0.1, 0.15) is 33.5 Å². The SMILES string of the molecule is [2H]c1c([2H])c([2H])c2c(-c3ccc(-c4ccc5oc6ccc7ccccc7c6c5c4)cc3)c3c([2H])c([2H])c([2H])c([2H])c3c(-c3ccc(-c4ccccc4)cc3)c2c1[2H].[2H]c1c([2H])c([2H])c2c(-c3ccc(-c4ccc5oc6ccc7ccccc7c6c5c4)cc3)c3c([2H])c([2H])c([2H])c([2H])c3c(-c3ccccc3)c2c1[2H].[2H]c1c([2H])c([2H])c2c(-c3ccc4c(c3)C(C)(C)c3ccccc3-4)c3c([2H])c([2H])c([2H])c([2H])c3c(-c3ccc(-c4ccc5oc6ccc7ccccc7c6c5c4)cc3)c2c1[2H]. The second-order valence-electron chi connectivity index (χ2n) is 37.1. The molecule has 0 unspecified atom stereocenters. The van der Waals surface area contributed by atoms with Gasteiger partial charge in [0, 0.05) is 37.7 Å². The fraction of sp³-hybridized carbons (Fsp3) is 0.0213. The first-order valence-electron chi connectivity index (χ1n) is 59.8. The van der Waals surface area contributed by atoms with E-state index < -0.39 is 77.9 Å². The fourth-order valence-corrected chi connectivity index (χ4v) is 22.2. The van der Waals surface area contributed by atoms with E-state index in [1.807, 2.05) is 255 Å². The van der Waals surface area contributed by atoms with E-state index in [-0.39, 0.29) is 137 Å². The van der Waals surface area contributed by atoms with Gasteiger partial charge in [0.25, 0.3) is 0 Å². The molecule has 0 radical (unpaired) electrons. The van der Waals surface area contributed by atoms with Crippen LogP contribution in [0.3, 0.4) is 0 Å². The molecule has 672 valence electrons. The van der Waals surface area contributed by atoms with E-state index in [1.165, 1.54) is 5.56 Å². The van der Waals surface area contributed by atoms with Gasteiger partial charge in [0.2, 0.25) is 0 Å². The molecule has 0 spiro atoms. The molecule has 3 heterocycles. The average molecular weight is 1860 g/mol. The number of hydrogen-bond donors (Lipinski definition) is 0. The molecule has 3 aromatic heterocycles. The lowest BCUT2D eigenvalue weighted by molar-refractivity contribution is 0.660. The number of benzene rings is 26. The lowest BCUT2D eigenvalue weighted by atomic mass is 9.80. The summed E-state index contributed by atoms with van der Waals surface area (Å²) in [5.41, 5.74) is 21.6. The molecular formula is C141H90O3. The van der Waals surface area contributed by atoms with E-state index in [1.54, 1.807) is 24.3 Å². The summed E-state index contributed by atoms with van der Waals surface area (Å²) in [6, 6.07) is 110. The molecule has 0 amide bonds. The summed E-state index contributed by atoms with van der Waals surface area (Å²) in [5, 5.41) is 15.1. The topological polar surface area (TPSA) is 39.4 Å². The third-order valence-corrected chi connectivity index (χ3v) is 28.9. The van der Waals surface area contributed by atoms with Gasteiger partial charge in [0.15, 0.2) is 0 Å². The third kappa shape index (κ3) is 13.8. The van der Waals surface area contributed by atoms with Crippen molar-refractivity contribution in [3.63, 3.8) is 0 Å². The first kappa shape index (κ1) is 62.4. The van der Waals surface area contributed by atoms with Gasteiger partial charge in [-0.2, -0.15) is 0 Å². The quantitative estimate of drug-likeness (QED) is 0.128. The number of rotatable bonds is 10. The van der Waals surface area contributed by atoms with Crippen LogP contribution in [-0.2, 0) is 5.41 Å². The summed E-state index contributed by atoms with van der Waals surface area (Å²) in [5.74, 6) is 0. The summed E-state index contributed by atoms with van der Waals surface area (Å²) in [6.45, 7) is 4.31. The molecule has 1 aliphatic carbocycles. The molecule has 144 heavy (non-hydrogen) atoms. The Bertz CT molecular complexity index is 11600. The summed E-state index contributed by atoms with van der Waals surface area (Å²) < 4.78 is 235. The highest BCUT2D eigenvalue weighted by Gasteiger charge is 2.36. The Kier molecular flexibility index (Phi) is 14.7. The zero-order valence-electron chi connectivity index (χ0n) is 101. The minimum absolute atomic E-state index is 0.187. The van der Waals surface area contributed by atoms with E-state index in [0.29, 0.717) is 66.8 Å². The van der Waals surface area contributed by atoms with Crippen LogP contribution in [0.5, 0.6) is 0 Å². The van der Waals surface area contributed by atoms with Crippen LogP contribution in [0.1, 0.15) is 57.9 Å². The van der Waals surface area contributed by atoms with Crippen LogP contribution < -0.4 is 0 Å². The lowest BCUT2D eigenvalue weighted by Crippen LogP contribution is -2.14. The van der Waals surface area contributed by atoms with Gasteiger partial charge < -0.3 is 13.3 Å². The van der Waals surface area contributed by atoms with Crippen molar-refractivity contribution in [2.75, 3.05) is 0 Å². The van der Waals surface area contributed by atoms with E-state index in [0.717, 1.165) is 159 Å². The Morgan fingerprint density at radius 3 is 0.701 bits per heavy atom. The van der Waals surface area contributed by atoms with Crippen LogP contribution in [0.2, 0.25) is 0 Å². The fourth-order valence-electron chi connectivity index (χ4n) is 22.2. The zero-order chi connectivity index (χ0) is 116. The van der Waals surface area contributed by atoms with E-state index in [9.17, 15) is 11.0 Å². The summed E-state index contributed by atoms with van der Waals surface area (Å²) in [7, 11) is 0. The monoisotopic (exact) mass is 1850 g/mol. The van der Waals surface area contributed by atoms with E-state index >= 15 is 0 Å². The molecule has 3 nitrogen and oxygen atoms in total.